The Hall–Kier alpha value is -2.30. The van der Waals surface area contributed by atoms with Gasteiger partial charge in [0.05, 0.1) is 29.0 Å². The Bertz CT molecular complexity index is 783. The van der Waals surface area contributed by atoms with Gasteiger partial charge in [-0.3, -0.25) is 10.8 Å². The lowest BCUT2D eigenvalue weighted by atomic mass is 9.97. The summed E-state index contributed by atoms with van der Waals surface area (Å²) in [7, 11) is 0. The Labute approximate surface area is 124 Å². The Morgan fingerprint density at radius 2 is 1.81 bits per heavy atom. The molecular formula is C17H18N4. The number of fused-ring (bicyclic) bond motifs is 1. The molecule has 1 aromatic heterocycles. The number of benzene rings is 2. The molecule has 0 radical (unpaired) electrons. The third-order valence-corrected chi connectivity index (χ3v) is 3.68. The van der Waals surface area contributed by atoms with Crippen LogP contribution in [0.15, 0.2) is 48.7 Å². The van der Waals surface area contributed by atoms with Crippen LogP contribution >= 0.6 is 0 Å². The van der Waals surface area contributed by atoms with Crippen LogP contribution in [0.3, 0.4) is 0 Å². The second-order valence-corrected chi connectivity index (χ2v) is 5.24. The Morgan fingerprint density at radius 3 is 2.57 bits per heavy atom. The van der Waals surface area contributed by atoms with Crippen molar-refractivity contribution in [1.29, 1.82) is 0 Å². The SMILES string of the molecule is Cc1ccc(C)c(C(NN)c2cnc3ccccc3n2)c1. The molecule has 1 unspecified atom stereocenters. The molecule has 2 aromatic carbocycles. The molecule has 4 nitrogen and oxygen atoms in total. The van der Waals surface area contributed by atoms with Crippen LogP contribution in [-0.2, 0) is 0 Å². The molecule has 1 atom stereocenters. The van der Waals surface area contributed by atoms with Gasteiger partial charge in [0.1, 0.15) is 0 Å². The van der Waals surface area contributed by atoms with Crippen molar-refractivity contribution in [2.24, 2.45) is 5.84 Å². The summed E-state index contributed by atoms with van der Waals surface area (Å²) in [6.45, 7) is 4.15. The van der Waals surface area contributed by atoms with E-state index >= 15 is 0 Å². The Morgan fingerprint density at radius 1 is 1.05 bits per heavy atom. The number of nitrogens with one attached hydrogen (secondary N) is 1. The molecule has 0 amide bonds. The van der Waals surface area contributed by atoms with Crippen LogP contribution in [0.25, 0.3) is 11.0 Å². The number of nitrogens with two attached hydrogens (primary N) is 1. The second kappa shape index (κ2) is 5.60. The first-order valence-electron chi connectivity index (χ1n) is 6.94. The summed E-state index contributed by atoms with van der Waals surface area (Å²) in [6, 6.07) is 14.0. The fourth-order valence-corrected chi connectivity index (χ4v) is 2.52. The predicted octanol–water partition coefficient (Wildman–Crippen LogP) is 2.80. The molecule has 0 saturated heterocycles. The van der Waals surface area contributed by atoms with E-state index < -0.39 is 0 Å². The van der Waals surface area contributed by atoms with Crippen molar-refractivity contribution in [3.8, 4) is 0 Å². The van der Waals surface area contributed by atoms with Crippen molar-refractivity contribution in [3.05, 3.63) is 71.0 Å². The molecule has 0 bridgehead atoms. The molecule has 21 heavy (non-hydrogen) atoms. The number of hydrazine groups is 1. The van der Waals surface area contributed by atoms with Crippen LogP contribution in [0.2, 0.25) is 0 Å². The molecule has 1 heterocycles. The van der Waals surface area contributed by atoms with Gasteiger partial charge in [0.15, 0.2) is 0 Å². The number of hydrogen-bond donors (Lipinski definition) is 2. The van der Waals surface area contributed by atoms with Gasteiger partial charge >= 0.3 is 0 Å². The highest BCUT2D eigenvalue weighted by atomic mass is 15.2. The van der Waals surface area contributed by atoms with Crippen molar-refractivity contribution in [2.75, 3.05) is 0 Å². The number of rotatable bonds is 3. The van der Waals surface area contributed by atoms with E-state index in [0.29, 0.717) is 0 Å². The van der Waals surface area contributed by atoms with Gasteiger partial charge in [0.2, 0.25) is 0 Å². The smallest absolute Gasteiger partial charge is 0.0900 e. The van der Waals surface area contributed by atoms with Gasteiger partial charge < -0.3 is 0 Å². The zero-order valence-corrected chi connectivity index (χ0v) is 12.2. The summed E-state index contributed by atoms with van der Waals surface area (Å²) in [5.74, 6) is 5.78. The molecule has 0 aliphatic heterocycles. The number of aryl methyl sites for hydroxylation is 2. The minimum atomic E-state index is -0.165. The fourth-order valence-electron chi connectivity index (χ4n) is 2.52. The topological polar surface area (TPSA) is 63.8 Å². The minimum absolute atomic E-state index is 0.165. The third kappa shape index (κ3) is 2.63. The summed E-state index contributed by atoms with van der Waals surface area (Å²) >= 11 is 0. The normalized spacial score (nSPS) is 12.5. The van der Waals surface area contributed by atoms with Gasteiger partial charge in [-0.1, -0.05) is 35.9 Å². The van der Waals surface area contributed by atoms with Crippen LogP contribution in [0, 0.1) is 13.8 Å². The standard InChI is InChI=1S/C17H18N4/c1-11-7-8-12(2)13(9-11)17(21-18)16-10-19-14-5-3-4-6-15(14)20-16/h3-10,17,21H,18H2,1-2H3. The molecule has 4 heteroatoms. The van der Waals surface area contributed by atoms with Gasteiger partial charge in [-0.2, -0.15) is 0 Å². The second-order valence-electron chi connectivity index (χ2n) is 5.24. The molecule has 0 aliphatic rings. The van der Waals surface area contributed by atoms with E-state index in [0.717, 1.165) is 22.3 Å². The lowest BCUT2D eigenvalue weighted by molar-refractivity contribution is 0.617. The van der Waals surface area contributed by atoms with E-state index in [1.165, 1.54) is 11.1 Å². The summed E-state index contributed by atoms with van der Waals surface area (Å²) in [6.07, 6.45) is 1.79. The quantitative estimate of drug-likeness (QED) is 0.571. The lowest BCUT2D eigenvalue weighted by Gasteiger charge is -2.18. The van der Waals surface area contributed by atoms with E-state index in [2.05, 4.69) is 47.4 Å². The highest BCUT2D eigenvalue weighted by molar-refractivity contribution is 5.73. The lowest BCUT2D eigenvalue weighted by Crippen LogP contribution is -2.30. The zero-order valence-electron chi connectivity index (χ0n) is 12.2. The van der Waals surface area contributed by atoms with E-state index in [-0.39, 0.29) is 6.04 Å². The number of para-hydroxylation sites is 2. The summed E-state index contributed by atoms with van der Waals surface area (Å²) in [5, 5.41) is 0. The van der Waals surface area contributed by atoms with Crippen LogP contribution in [0.5, 0.6) is 0 Å². The molecule has 0 fully saturated rings. The highest BCUT2D eigenvalue weighted by Gasteiger charge is 2.17. The zero-order chi connectivity index (χ0) is 14.8. The van der Waals surface area contributed by atoms with E-state index in [9.17, 15) is 0 Å². The van der Waals surface area contributed by atoms with Gasteiger partial charge in [-0.25, -0.2) is 10.4 Å². The first kappa shape index (κ1) is 13.7. The summed E-state index contributed by atoms with van der Waals surface area (Å²) < 4.78 is 0. The Balaban J connectivity index is 2.11. The summed E-state index contributed by atoms with van der Waals surface area (Å²) in [4.78, 5) is 9.16. The largest absolute Gasteiger partial charge is 0.271 e. The molecule has 106 valence electrons. The van der Waals surface area contributed by atoms with Gasteiger partial charge in [-0.15, -0.1) is 0 Å². The van der Waals surface area contributed by atoms with Crippen molar-refractivity contribution in [3.63, 3.8) is 0 Å². The van der Waals surface area contributed by atoms with Crippen molar-refractivity contribution in [1.82, 2.24) is 15.4 Å². The fraction of sp³-hybridized carbons (Fsp3) is 0.176. The van der Waals surface area contributed by atoms with E-state index in [4.69, 9.17) is 5.84 Å². The summed E-state index contributed by atoms with van der Waals surface area (Å²) in [5.41, 5.74) is 8.96. The van der Waals surface area contributed by atoms with E-state index in [1.807, 2.05) is 24.3 Å². The van der Waals surface area contributed by atoms with Gasteiger partial charge in [0.25, 0.3) is 0 Å². The van der Waals surface area contributed by atoms with Crippen molar-refractivity contribution < 1.29 is 0 Å². The van der Waals surface area contributed by atoms with Crippen LogP contribution in [-0.4, -0.2) is 9.97 Å². The molecule has 0 aliphatic carbocycles. The molecule has 0 spiro atoms. The number of hydrogen-bond acceptors (Lipinski definition) is 4. The average Bonchev–Trinajstić information content (AvgIpc) is 2.51. The maximum atomic E-state index is 5.78. The van der Waals surface area contributed by atoms with Crippen LogP contribution < -0.4 is 11.3 Å². The molecule has 3 aromatic rings. The molecular weight excluding hydrogens is 260 g/mol. The predicted molar refractivity (Wildman–Crippen MR) is 84.6 cm³/mol. The van der Waals surface area contributed by atoms with Crippen molar-refractivity contribution in [2.45, 2.75) is 19.9 Å². The van der Waals surface area contributed by atoms with Crippen LogP contribution in [0.1, 0.15) is 28.4 Å². The van der Waals surface area contributed by atoms with Gasteiger partial charge in [0, 0.05) is 0 Å². The molecule has 0 saturated carbocycles. The van der Waals surface area contributed by atoms with E-state index in [1.54, 1.807) is 6.20 Å². The molecule has 3 rings (SSSR count). The minimum Gasteiger partial charge on any atom is -0.271 e. The third-order valence-electron chi connectivity index (χ3n) is 3.68. The highest BCUT2D eigenvalue weighted by Crippen LogP contribution is 2.24. The average molecular weight is 278 g/mol. The monoisotopic (exact) mass is 278 g/mol. The van der Waals surface area contributed by atoms with Crippen LogP contribution in [0.4, 0.5) is 0 Å². The van der Waals surface area contributed by atoms with Crippen molar-refractivity contribution >= 4 is 11.0 Å². The first-order valence-corrected chi connectivity index (χ1v) is 6.94. The maximum absolute atomic E-state index is 5.78. The first-order chi connectivity index (χ1) is 10.2. The Kier molecular flexibility index (Phi) is 3.64. The van der Waals surface area contributed by atoms with Gasteiger partial charge in [-0.05, 0) is 37.1 Å². The molecule has 3 N–H and O–H groups in total. The number of aromatic nitrogens is 2. The number of nitrogens with zero attached hydrogens (tertiary/aromatic N) is 2. The maximum Gasteiger partial charge on any atom is 0.0900 e.